The van der Waals surface area contributed by atoms with E-state index in [0.717, 1.165) is 0 Å². The number of aliphatic carboxylic acids is 1. The number of rotatable bonds is 3. The van der Waals surface area contributed by atoms with Gasteiger partial charge in [-0.1, -0.05) is 6.92 Å². The van der Waals surface area contributed by atoms with Crippen LogP contribution in [0.1, 0.15) is 29.4 Å². The minimum absolute atomic E-state index is 0.0113. The van der Waals surface area contributed by atoms with Crippen LogP contribution in [0, 0.1) is 6.92 Å². The Balaban J connectivity index is 2.38. The van der Waals surface area contributed by atoms with Gasteiger partial charge in [0, 0.05) is 23.7 Å². The smallest absolute Gasteiger partial charge is 0.327 e. The first kappa shape index (κ1) is 14.6. The molecule has 2 rings (SSSR count). The molecule has 2 unspecified atom stereocenters. The molecule has 0 aromatic carbocycles. The number of pyridine rings is 1. The highest BCUT2D eigenvalue weighted by atomic mass is 32.2. The molecule has 0 saturated carbocycles. The van der Waals surface area contributed by atoms with Crippen molar-refractivity contribution in [3.05, 3.63) is 33.7 Å². The number of carbonyl (C=O) groups excluding carboxylic acids is 1. The fourth-order valence-corrected chi connectivity index (χ4v) is 3.57. The number of nitrogens with one attached hydrogen (secondary N) is 1. The Bertz CT molecular complexity index is 598. The largest absolute Gasteiger partial charge is 0.480 e. The number of hydrogen-bond donors (Lipinski definition) is 2. The van der Waals surface area contributed by atoms with E-state index in [0.29, 0.717) is 17.9 Å². The number of aryl methyl sites for hydroxylation is 1. The Hall–Kier alpha value is -1.76. The van der Waals surface area contributed by atoms with Crippen LogP contribution in [0.2, 0.25) is 0 Å². The van der Waals surface area contributed by atoms with E-state index in [1.807, 2.05) is 6.92 Å². The van der Waals surface area contributed by atoms with Gasteiger partial charge in [-0.15, -0.1) is 11.8 Å². The molecule has 0 aliphatic carbocycles. The monoisotopic (exact) mass is 296 g/mol. The van der Waals surface area contributed by atoms with Crippen molar-refractivity contribution in [1.82, 2.24) is 9.88 Å². The lowest BCUT2D eigenvalue weighted by atomic mass is 10.1. The fourth-order valence-electron chi connectivity index (χ4n) is 2.22. The minimum atomic E-state index is -1.04. The van der Waals surface area contributed by atoms with Crippen LogP contribution in [0.15, 0.2) is 17.1 Å². The lowest BCUT2D eigenvalue weighted by Crippen LogP contribution is -2.46. The number of H-pyrrole nitrogens is 1. The average molecular weight is 296 g/mol. The molecular formula is C13H16N2O4S. The van der Waals surface area contributed by atoms with E-state index >= 15 is 0 Å². The van der Waals surface area contributed by atoms with Gasteiger partial charge in [0.1, 0.15) is 11.6 Å². The van der Waals surface area contributed by atoms with Crippen molar-refractivity contribution in [1.29, 1.82) is 0 Å². The third kappa shape index (κ3) is 2.58. The molecule has 6 nitrogen and oxygen atoms in total. The summed E-state index contributed by atoms with van der Waals surface area (Å²) in [5.41, 5.74) is 0.258. The molecule has 7 heteroatoms. The summed E-state index contributed by atoms with van der Waals surface area (Å²) in [5.74, 6) is -1.20. The number of aromatic amines is 1. The Morgan fingerprint density at radius 2 is 2.25 bits per heavy atom. The second-order valence-electron chi connectivity index (χ2n) is 4.66. The van der Waals surface area contributed by atoms with E-state index in [9.17, 15) is 19.5 Å². The molecule has 0 spiro atoms. The highest BCUT2D eigenvalue weighted by Crippen LogP contribution is 2.32. The Kier molecular flexibility index (Phi) is 4.17. The van der Waals surface area contributed by atoms with E-state index in [4.69, 9.17) is 0 Å². The summed E-state index contributed by atoms with van der Waals surface area (Å²) in [6, 6.07) is 0.464. The van der Waals surface area contributed by atoms with Crippen molar-refractivity contribution in [2.24, 2.45) is 0 Å². The number of amides is 1. The van der Waals surface area contributed by atoms with Gasteiger partial charge in [0.15, 0.2) is 5.43 Å². The second kappa shape index (κ2) is 5.70. The molecule has 108 valence electrons. The van der Waals surface area contributed by atoms with Crippen molar-refractivity contribution in [3.8, 4) is 0 Å². The lowest BCUT2D eigenvalue weighted by Gasteiger charge is -2.26. The quantitative estimate of drug-likeness (QED) is 0.870. The van der Waals surface area contributed by atoms with Gasteiger partial charge >= 0.3 is 5.97 Å². The summed E-state index contributed by atoms with van der Waals surface area (Å²) in [4.78, 5) is 39.8. The van der Waals surface area contributed by atoms with Crippen LogP contribution < -0.4 is 5.43 Å². The number of aromatic nitrogens is 1. The van der Waals surface area contributed by atoms with Crippen molar-refractivity contribution in [3.63, 3.8) is 0 Å². The van der Waals surface area contributed by atoms with Crippen LogP contribution in [0.3, 0.4) is 0 Å². The molecule has 2 heterocycles. The Labute approximate surface area is 120 Å². The van der Waals surface area contributed by atoms with Crippen molar-refractivity contribution in [2.45, 2.75) is 31.7 Å². The molecular weight excluding hydrogens is 280 g/mol. The second-order valence-corrected chi connectivity index (χ2v) is 5.87. The summed E-state index contributed by atoms with van der Waals surface area (Å²) < 4.78 is 0. The number of carboxylic acids is 1. The molecule has 2 atom stereocenters. The van der Waals surface area contributed by atoms with Crippen LogP contribution in [0.25, 0.3) is 0 Å². The zero-order valence-corrected chi connectivity index (χ0v) is 12.1. The molecule has 1 saturated heterocycles. The summed E-state index contributed by atoms with van der Waals surface area (Å²) in [5, 5.41) is 9.01. The number of hydrogen-bond acceptors (Lipinski definition) is 4. The van der Waals surface area contributed by atoms with Gasteiger partial charge in [-0.3, -0.25) is 9.59 Å². The first-order valence-electron chi connectivity index (χ1n) is 6.32. The van der Waals surface area contributed by atoms with Crippen molar-refractivity contribution < 1.29 is 14.7 Å². The van der Waals surface area contributed by atoms with Crippen LogP contribution in [-0.2, 0) is 4.79 Å². The van der Waals surface area contributed by atoms with Gasteiger partial charge in [-0.25, -0.2) is 4.79 Å². The standard InChI is InChI=1S/C13H16N2O4S/c1-3-11-15(9(6-20-11)13(18)19)12(17)8-5-14-7(2)4-10(8)16/h4-5,9,11H,3,6H2,1-2H3,(H,14,16)(H,18,19). The van der Waals surface area contributed by atoms with E-state index in [2.05, 4.69) is 4.98 Å². The molecule has 20 heavy (non-hydrogen) atoms. The first-order valence-corrected chi connectivity index (χ1v) is 7.37. The van der Waals surface area contributed by atoms with Crippen molar-refractivity contribution >= 4 is 23.6 Å². The molecule has 1 fully saturated rings. The van der Waals surface area contributed by atoms with Gasteiger partial charge in [-0.05, 0) is 13.3 Å². The van der Waals surface area contributed by atoms with Gasteiger partial charge < -0.3 is 15.0 Å². The number of nitrogens with zero attached hydrogens (tertiary/aromatic N) is 1. The average Bonchev–Trinajstić information content (AvgIpc) is 2.81. The predicted molar refractivity (Wildman–Crippen MR) is 75.9 cm³/mol. The van der Waals surface area contributed by atoms with E-state index < -0.39 is 17.9 Å². The number of carbonyl (C=O) groups is 2. The Morgan fingerprint density at radius 3 is 2.80 bits per heavy atom. The first-order chi connectivity index (χ1) is 9.45. The van der Waals surface area contributed by atoms with Gasteiger partial charge in [0.2, 0.25) is 0 Å². The molecule has 1 aliphatic rings. The zero-order chi connectivity index (χ0) is 14.9. The normalized spacial score (nSPS) is 22.0. The van der Waals surface area contributed by atoms with E-state index in [1.54, 1.807) is 6.92 Å². The van der Waals surface area contributed by atoms with E-state index in [-0.39, 0.29) is 16.4 Å². The Morgan fingerprint density at radius 1 is 1.55 bits per heavy atom. The molecule has 1 aromatic rings. The van der Waals surface area contributed by atoms with Gasteiger partial charge in [0.05, 0.1) is 5.37 Å². The maximum Gasteiger partial charge on any atom is 0.327 e. The minimum Gasteiger partial charge on any atom is -0.480 e. The molecule has 1 amide bonds. The molecule has 1 aliphatic heterocycles. The topological polar surface area (TPSA) is 90.5 Å². The lowest BCUT2D eigenvalue weighted by molar-refractivity contribution is -0.141. The van der Waals surface area contributed by atoms with Crippen LogP contribution in [0.4, 0.5) is 0 Å². The van der Waals surface area contributed by atoms with E-state index in [1.165, 1.54) is 28.9 Å². The summed E-state index contributed by atoms with van der Waals surface area (Å²) >= 11 is 1.43. The van der Waals surface area contributed by atoms with Crippen molar-refractivity contribution in [2.75, 3.05) is 5.75 Å². The van der Waals surface area contributed by atoms with Gasteiger partial charge in [0.25, 0.3) is 5.91 Å². The predicted octanol–water partition coefficient (Wildman–Crippen LogP) is 1.06. The third-order valence-corrected chi connectivity index (χ3v) is 4.70. The molecule has 0 radical (unpaired) electrons. The summed E-state index contributed by atoms with van der Waals surface area (Å²) in [6.07, 6.45) is 2.00. The highest BCUT2D eigenvalue weighted by Gasteiger charge is 2.41. The zero-order valence-electron chi connectivity index (χ0n) is 11.3. The molecule has 1 aromatic heterocycles. The third-order valence-electron chi connectivity index (χ3n) is 3.25. The summed E-state index contributed by atoms with van der Waals surface area (Å²) in [6.45, 7) is 3.61. The van der Waals surface area contributed by atoms with Gasteiger partial charge in [-0.2, -0.15) is 0 Å². The highest BCUT2D eigenvalue weighted by molar-refractivity contribution is 8.00. The maximum absolute atomic E-state index is 12.5. The van der Waals surface area contributed by atoms with Crippen LogP contribution >= 0.6 is 11.8 Å². The van der Waals surface area contributed by atoms with Crippen LogP contribution in [-0.4, -0.2) is 44.0 Å². The number of carboxylic acid groups (broad SMARTS) is 1. The molecule has 0 bridgehead atoms. The maximum atomic E-state index is 12.5. The van der Waals surface area contributed by atoms with Crippen LogP contribution in [0.5, 0.6) is 0 Å². The summed E-state index contributed by atoms with van der Waals surface area (Å²) in [7, 11) is 0. The molecule has 2 N–H and O–H groups in total. The fraction of sp³-hybridized carbons (Fsp3) is 0.462. The SMILES string of the molecule is CCC1SCC(C(=O)O)N1C(=O)c1c[nH]c(C)cc1=O. The number of thioether (sulfide) groups is 1.